The predicted octanol–water partition coefficient (Wildman–Crippen LogP) is 1.74. The van der Waals surface area contributed by atoms with Gasteiger partial charge in [-0.05, 0) is 37.1 Å². The van der Waals surface area contributed by atoms with Crippen molar-refractivity contribution in [2.45, 2.75) is 26.8 Å². The molecule has 88 valence electrons. The lowest BCUT2D eigenvalue weighted by Crippen LogP contribution is -2.28. The Labute approximate surface area is 94.9 Å². The smallest absolute Gasteiger partial charge is 0.325 e. The van der Waals surface area contributed by atoms with Crippen LogP contribution in [0.2, 0.25) is 0 Å². The second-order valence-corrected chi connectivity index (χ2v) is 3.83. The summed E-state index contributed by atoms with van der Waals surface area (Å²) in [5.74, 6) is -0.685. The summed E-state index contributed by atoms with van der Waals surface area (Å²) in [5, 5.41) is 21.6. The molecule has 0 aliphatic carbocycles. The maximum absolute atomic E-state index is 11.1. The number of aliphatic carboxylic acids is 1. The van der Waals surface area contributed by atoms with Crippen molar-refractivity contribution in [2.24, 2.45) is 0 Å². The van der Waals surface area contributed by atoms with Crippen molar-refractivity contribution >= 4 is 5.97 Å². The number of aryl methyl sites for hydroxylation is 2. The number of phenolic OH excluding ortho intramolecular Hbond substituents is 1. The van der Waals surface area contributed by atoms with Crippen molar-refractivity contribution in [3.63, 3.8) is 0 Å². The molecule has 16 heavy (non-hydrogen) atoms. The topological polar surface area (TPSA) is 69.6 Å². The maximum atomic E-state index is 11.1. The fourth-order valence-electron chi connectivity index (χ4n) is 1.71. The zero-order valence-corrected chi connectivity index (χ0v) is 9.74. The highest BCUT2D eigenvalue weighted by Gasteiger charge is 2.19. The molecular weight excluding hydrogens is 206 g/mol. The fraction of sp³-hybridized carbons (Fsp3) is 0.417. The lowest BCUT2D eigenvalue weighted by molar-refractivity contribution is -0.139. The summed E-state index contributed by atoms with van der Waals surface area (Å²) in [7, 11) is 0. The molecule has 0 saturated carbocycles. The van der Waals surface area contributed by atoms with Crippen LogP contribution in [0.5, 0.6) is 5.75 Å². The molecular formula is C12H17NO3. The minimum absolute atomic E-state index is 0.226. The molecule has 0 radical (unpaired) electrons. The molecule has 1 rings (SSSR count). The van der Waals surface area contributed by atoms with Gasteiger partial charge < -0.3 is 15.5 Å². The Hall–Kier alpha value is -1.55. The molecule has 3 N–H and O–H groups in total. The Kier molecular flexibility index (Phi) is 3.90. The van der Waals surface area contributed by atoms with Gasteiger partial charge in [-0.2, -0.15) is 0 Å². The summed E-state index contributed by atoms with van der Waals surface area (Å²) in [6.07, 6.45) is 0. The first-order valence-electron chi connectivity index (χ1n) is 5.23. The molecule has 0 aromatic heterocycles. The van der Waals surface area contributed by atoms with Gasteiger partial charge in [-0.3, -0.25) is 4.79 Å². The van der Waals surface area contributed by atoms with Crippen LogP contribution in [0.1, 0.15) is 29.7 Å². The molecule has 0 aliphatic rings. The second kappa shape index (κ2) is 4.99. The van der Waals surface area contributed by atoms with Crippen molar-refractivity contribution in [2.75, 3.05) is 6.54 Å². The van der Waals surface area contributed by atoms with E-state index in [4.69, 9.17) is 5.11 Å². The van der Waals surface area contributed by atoms with E-state index in [0.717, 1.165) is 0 Å². The van der Waals surface area contributed by atoms with Crippen LogP contribution in [0, 0.1) is 13.8 Å². The summed E-state index contributed by atoms with van der Waals surface area (Å²) < 4.78 is 0. The summed E-state index contributed by atoms with van der Waals surface area (Å²) in [5.41, 5.74) is 2.06. The van der Waals surface area contributed by atoms with E-state index in [1.165, 1.54) is 0 Å². The highest BCUT2D eigenvalue weighted by atomic mass is 16.4. The van der Waals surface area contributed by atoms with Crippen LogP contribution in [-0.2, 0) is 4.79 Å². The van der Waals surface area contributed by atoms with Gasteiger partial charge in [0.25, 0.3) is 0 Å². The number of rotatable bonds is 4. The van der Waals surface area contributed by atoms with Crippen molar-refractivity contribution < 1.29 is 15.0 Å². The quantitative estimate of drug-likeness (QED) is 0.727. The molecule has 4 heteroatoms. The van der Waals surface area contributed by atoms with Crippen LogP contribution in [0.25, 0.3) is 0 Å². The molecule has 0 heterocycles. The van der Waals surface area contributed by atoms with E-state index in [1.54, 1.807) is 26.0 Å². The molecule has 1 aromatic carbocycles. The van der Waals surface area contributed by atoms with Gasteiger partial charge in [0.15, 0.2) is 0 Å². The van der Waals surface area contributed by atoms with E-state index < -0.39 is 12.0 Å². The molecule has 4 nitrogen and oxygen atoms in total. The number of aromatic hydroxyl groups is 1. The van der Waals surface area contributed by atoms with E-state index in [2.05, 4.69) is 5.32 Å². The number of carboxylic acids is 1. The van der Waals surface area contributed by atoms with Crippen LogP contribution >= 0.6 is 0 Å². The second-order valence-electron chi connectivity index (χ2n) is 3.83. The van der Waals surface area contributed by atoms with Gasteiger partial charge in [0.1, 0.15) is 11.8 Å². The largest absolute Gasteiger partial charge is 0.507 e. The SMILES string of the molecule is CCNC(C(=O)O)c1cc(C)c(O)c(C)c1. The van der Waals surface area contributed by atoms with Gasteiger partial charge in [-0.1, -0.05) is 19.1 Å². The predicted molar refractivity (Wildman–Crippen MR) is 61.6 cm³/mol. The summed E-state index contributed by atoms with van der Waals surface area (Å²) >= 11 is 0. The van der Waals surface area contributed by atoms with Gasteiger partial charge in [-0.25, -0.2) is 0 Å². The van der Waals surface area contributed by atoms with Crippen LogP contribution < -0.4 is 5.32 Å². The first kappa shape index (κ1) is 12.5. The minimum Gasteiger partial charge on any atom is -0.507 e. The Morgan fingerprint density at radius 3 is 2.25 bits per heavy atom. The van der Waals surface area contributed by atoms with Crippen molar-refractivity contribution in [1.29, 1.82) is 0 Å². The lowest BCUT2D eigenvalue weighted by atomic mass is 10.0. The lowest BCUT2D eigenvalue weighted by Gasteiger charge is -2.15. The average molecular weight is 223 g/mol. The number of phenols is 1. The number of carboxylic acid groups (broad SMARTS) is 1. The first-order valence-corrected chi connectivity index (χ1v) is 5.23. The normalized spacial score (nSPS) is 12.4. The fourth-order valence-corrected chi connectivity index (χ4v) is 1.71. The third-order valence-corrected chi connectivity index (χ3v) is 2.50. The summed E-state index contributed by atoms with van der Waals surface area (Å²) in [4.78, 5) is 11.1. The van der Waals surface area contributed by atoms with E-state index in [1.807, 2.05) is 6.92 Å². The van der Waals surface area contributed by atoms with Crippen LogP contribution in [0.15, 0.2) is 12.1 Å². The molecule has 0 spiro atoms. The maximum Gasteiger partial charge on any atom is 0.325 e. The number of nitrogens with one attached hydrogen (secondary N) is 1. The molecule has 0 saturated heterocycles. The van der Waals surface area contributed by atoms with Gasteiger partial charge >= 0.3 is 5.97 Å². The molecule has 1 aromatic rings. The average Bonchev–Trinajstić information content (AvgIpc) is 2.21. The van der Waals surface area contributed by atoms with Crippen molar-refractivity contribution in [1.82, 2.24) is 5.32 Å². The zero-order valence-electron chi connectivity index (χ0n) is 9.74. The monoisotopic (exact) mass is 223 g/mol. The van der Waals surface area contributed by atoms with Crippen LogP contribution in [-0.4, -0.2) is 22.7 Å². The molecule has 0 amide bonds. The van der Waals surface area contributed by atoms with E-state index in [-0.39, 0.29) is 5.75 Å². The first-order chi connectivity index (χ1) is 7.47. The Morgan fingerprint density at radius 2 is 1.88 bits per heavy atom. The number of hydrogen-bond donors (Lipinski definition) is 3. The standard InChI is InChI=1S/C12H17NO3/c1-4-13-10(12(15)16)9-5-7(2)11(14)8(3)6-9/h5-6,10,13-14H,4H2,1-3H3,(H,15,16). The number of benzene rings is 1. The molecule has 0 fully saturated rings. The number of likely N-dealkylation sites (N-methyl/N-ethyl adjacent to an activating group) is 1. The summed E-state index contributed by atoms with van der Waals surface area (Å²) in [6, 6.07) is 2.68. The Bertz CT molecular complexity index is 378. The molecule has 1 atom stereocenters. The third-order valence-electron chi connectivity index (χ3n) is 2.50. The highest BCUT2D eigenvalue weighted by molar-refractivity contribution is 5.76. The minimum atomic E-state index is -0.911. The summed E-state index contributed by atoms with van der Waals surface area (Å²) in [6.45, 7) is 5.96. The molecule has 0 bridgehead atoms. The Morgan fingerprint density at radius 1 is 1.38 bits per heavy atom. The number of hydrogen-bond acceptors (Lipinski definition) is 3. The Balaban J connectivity index is 3.15. The number of carbonyl (C=O) groups is 1. The molecule has 0 aliphatic heterocycles. The van der Waals surface area contributed by atoms with Gasteiger partial charge in [0.05, 0.1) is 0 Å². The van der Waals surface area contributed by atoms with Crippen molar-refractivity contribution in [3.8, 4) is 5.75 Å². The van der Waals surface area contributed by atoms with Crippen LogP contribution in [0.3, 0.4) is 0 Å². The van der Waals surface area contributed by atoms with Crippen molar-refractivity contribution in [3.05, 3.63) is 28.8 Å². The van der Waals surface area contributed by atoms with E-state index in [0.29, 0.717) is 23.2 Å². The zero-order chi connectivity index (χ0) is 12.3. The highest BCUT2D eigenvalue weighted by Crippen LogP contribution is 2.26. The van der Waals surface area contributed by atoms with E-state index in [9.17, 15) is 9.90 Å². The van der Waals surface area contributed by atoms with Gasteiger partial charge in [0.2, 0.25) is 0 Å². The molecule has 1 unspecified atom stereocenters. The van der Waals surface area contributed by atoms with Crippen LogP contribution in [0.4, 0.5) is 0 Å². The van der Waals surface area contributed by atoms with Gasteiger partial charge in [0, 0.05) is 0 Å². The third kappa shape index (κ3) is 2.52. The van der Waals surface area contributed by atoms with Gasteiger partial charge in [-0.15, -0.1) is 0 Å². The van der Waals surface area contributed by atoms with E-state index >= 15 is 0 Å².